The molecule has 1 amide bonds. The van der Waals surface area contributed by atoms with Gasteiger partial charge in [0.05, 0.1) is 25.7 Å². The molecule has 7 heteroatoms. The molecule has 2 atom stereocenters. The van der Waals surface area contributed by atoms with E-state index in [1.54, 1.807) is 12.1 Å². The van der Waals surface area contributed by atoms with E-state index in [1.807, 2.05) is 36.1 Å². The number of ether oxygens (including phenoxy) is 3. The Bertz CT molecular complexity index is 974. The number of amides is 1. The quantitative estimate of drug-likeness (QED) is 0.422. The predicted octanol–water partition coefficient (Wildman–Crippen LogP) is 5.05. The summed E-state index contributed by atoms with van der Waals surface area (Å²) in [6.45, 7) is 10.9. The van der Waals surface area contributed by atoms with Crippen LogP contribution in [0.4, 0.5) is 4.39 Å². The van der Waals surface area contributed by atoms with Crippen LogP contribution in [0.2, 0.25) is 0 Å². The Morgan fingerprint density at radius 2 is 1.76 bits per heavy atom. The van der Waals surface area contributed by atoms with Crippen molar-refractivity contribution in [1.29, 1.82) is 0 Å². The molecule has 2 aromatic rings. The van der Waals surface area contributed by atoms with Crippen molar-refractivity contribution in [2.24, 2.45) is 5.92 Å². The Balaban J connectivity index is 1.35. The third kappa shape index (κ3) is 8.52. The van der Waals surface area contributed by atoms with Crippen molar-refractivity contribution in [1.82, 2.24) is 9.80 Å². The maximum atomic E-state index is 13.6. The van der Waals surface area contributed by atoms with Gasteiger partial charge in [0.15, 0.2) is 6.29 Å². The van der Waals surface area contributed by atoms with Gasteiger partial charge in [-0.15, -0.1) is 0 Å². The zero-order valence-corrected chi connectivity index (χ0v) is 22.4. The fraction of sp³-hybridized carbons (Fsp3) is 0.567. The number of benzene rings is 2. The summed E-state index contributed by atoms with van der Waals surface area (Å²) in [6, 6.07) is 14.4. The number of carbonyl (C=O) groups excluding carboxylic acids is 1. The monoisotopic (exact) mass is 512 g/mol. The molecule has 0 spiro atoms. The number of piperidine rings is 1. The van der Waals surface area contributed by atoms with Crippen molar-refractivity contribution in [3.8, 4) is 5.75 Å². The summed E-state index contributed by atoms with van der Waals surface area (Å²) in [5.74, 6) is 1.11. The summed E-state index contributed by atoms with van der Waals surface area (Å²) in [5, 5.41) is 0. The second-order valence-electron chi connectivity index (χ2n) is 10.7. The van der Waals surface area contributed by atoms with E-state index in [2.05, 4.69) is 18.7 Å². The van der Waals surface area contributed by atoms with Gasteiger partial charge in [-0.1, -0.05) is 38.1 Å². The fourth-order valence-electron chi connectivity index (χ4n) is 4.92. The van der Waals surface area contributed by atoms with Crippen molar-refractivity contribution in [2.45, 2.75) is 71.4 Å². The molecule has 2 aliphatic rings. The van der Waals surface area contributed by atoms with E-state index in [9.17, 15) is 9.18 Å². The minimum absolute atomic E-state index is 0.0976. The molecule has 2 saturated heterocycles. The van der Waals surface area contributed by atoms with Crippen molar-refractivity contribution in [2.75, 3.05) is 32.8 Å². The predicted molar refractivity (Wildman–Crippen MR) is 142 cm³/mol. The summed E-state index contributed by atoms with van der Waals surface area (Å²) in [5.41, 5.74) is 1.91. The smallest absolute Gasteiger partial charge is 0.227 e. The zero-order chi connectivity index (χ0) is 26.2. The van der Waals surface area contributed by atoms with Gasteiger partial charge in [0.25, 0.3) is 0 Å². The molecule has 6 nitrogen and oxygen atoms in total. The van der Waals surface area contributed by atoms with Crippen molar-refractivity contribution in [3.63, 3.8) is 0 Å². The Labute approximate surface area is 220 Å². The van der Waals surface area contributed by atoms with E-state index in [0.29, 0.717) is 32.1 Å². The lowest BCUT2D eigenvalue weighted by Gasteiger charge is -2.39. The lowest BCUT2D eigenvalue weighted by Crippen LogP contribution is -2.48. The first-order chi connectivity index (χ1) is 17.9. The normalized spacial score (nSPS) is 20.9. The first kappa shape index (κ1) is 27.6. The highest BCUT2D eigenvalue weighted by Crippen LogP contribution is 2.23. The molecule has 2 heterocycles. The number of hydrogen-bond acceptors (Lipinski definition) is 5. The van der Waals surface area contributed by atoms with E-state index in [1.165, 1.54) is 12.1 Å². The maximum Gasteiger partial charge on any atom is 0.227 e. The molecule has 2 aromatic carbocycles. The van der Waals surface area contributed by atoms with Crippen LogP contribution in [0.3, 0.4) is 0 Å². The van der Waals surface area contributed by atoms with E-state index in [-0.39, 0.29) is 30.2 Å². The maximum absolute atomic E-state index is 13.6. The molecule has 0 radical (unpaired) electrons. The molecule has 0 bridgehead atoms. The third-order valence-electron chi connectivity index (χ3n) is 7.03. The van der Waals surface area contributed by atoms with Crippen LogP contribution in [0, 0.1) is 11.7 Å². The first-order valence-corrected chi connectivity index (χ1v) is 13.6. The molecular formula is C30H41FN2O4. The molecule has 202 valence electrons. The van der Waals surface area contributed by atoms with Crippen LogP contribution in [0.5, 0.6) is 5.75 Å². The third-order valence-corrected chi connectivity index (χ3v) is 7.03. The Kier molecular flexibility index (Phi) is 9.95. The summed E-state index contributed by atoms with van der Waals surface area (Å²) in [7, 11) is 0. The number of nitrogens with zero attached hydrogens (tertiary/aromatic N) is 2. The Morgan fingerprint density at radius 3 is 2.38 bits per heavy atom. The average molecular weight is 513 g/mol. The highest BCUT2D eigenvalue weighted by atomic mass is 19.1. The average Bonchev–Trinajstić information content (AvgIpc) is 3.32. The van der Waals surface area contributed by atoms with E-state index < -0.39 is 0 Å². The van der Waals surface area contributed by atoms with Gasteiger partial charge in [-0.2, -0.15) is 0 Å². The lowest BCUT2D eigenvalue weighted by molar-refractivity contribution is -0.134. The molecular weight excluding hydrogens is 471 g/mol. The topological polar surface area (TPSA) is 51.2 Å². The Hall–Kier alpha value is -2.48. The number of carbonyl (C=O) groups is 1. The zero-order valence-electron chi connectivity index (χ0n) is 22.4. The number of likely N-dealkylation sites (tertiary alicyclic amines) is 1. The van der Waals surface area contributed by atoms with Crippen LogP contribution < -0.4 is 4.74 Å². The minimum Gasteiger partial charge on any atom is -0.493 e. The molecule has 4 rings (SSSR count). The van der Waals surface area contributed by atoms with Crippen LogP contribution in [0.15, 0.2) is 48.5 Å². The van der Waals surface area contributed by atoms with Gasteiger partial charge < -0.3 is 24.0 Å². The number of halogens is 1. The molecule has 2 fully saturated rings. The summed E-state index contributed by atoms with van der Waals surface area (Å²) >= 11 is 0. The van der Waals surface area contributed by atoms with Gasteiger partial charge in [-0.3, -0.25) is 4.79 Å². The molecule has 37 heavy (non-hydrogen) atoms. The van der Waals surface area contributed by atoms with Crippen LogP contribution in [-0.2, 0) is 27.2 Å². The van der Waals surface area contributed by atoms with Crippen LogP contribution in [0.1, 0.15) is 51.2 Å². The Morgan fingerprint density at radius 1 is 1.08 bits per heavy atom. The van der Waals surface area contributed by atoms with Gasteiger partial charge >= 0.3 is 0 Å². The lowest BCUT2D eigenvalue weighted by atomic mass is 10.0. The molecule has 0 N–H and O–H groups in total. The highest BCUT2D eigenvalue weighted by molar-refractivity contribution is 5.79. The first-order valence-electron chi connectivity index (χ1n) is 13.6. The summed E-state index contributed by atoms with van der Waals surface area (Å²) in [4.78, 5) is 18.0. The van der Waals surface area contributed by atoms with Gasteiger partial charge in [0.1, 0.15) is 11.6 Å². The molecule has 1 unspecified atom stereocenters. The van der Waals surface area contributed by atoms with Gasteiger partial charge in [-0.25, -0.2) is 4.39 Å². The van der Waals surface area contributed by atoms with E-state index >= 15 is 0 Å². The standard InChI is InChI=1S/C30H41FN2O4/c1-22(2)20-35-28-10-6-24(7-11-28)18-29(34)33(19-25-4-8-26(31)9-5-25)27-12-15-32(16-13-27)17-14-30-36-21-23(3)37-30/h4-11,22-23,27,30H,12-21H2,1-3H3/t23?,30-/m0/s1. The van der Waals surface area contributed by atoms with Gasteiger partial charge in [0, 0.05) is 38.6 Å². The number of hydrogen-bond donors (Lipinski definition) is 0. The molecule has 2 aliphatic heterocycles. The SMILES string of the molecule is CC(C)COc1ccc(CC(=O)N(Cc2ccc(F)cc2)C2CCN(CC[C@H]3OCC(C)O3)CC2)cc1. The van der Waals surface area contributed by atoms with Gasteiger partial charge in [-0.05, 0) is 61.1 Å². The second-order valence-corrected chi connectivity index (χ2v) is 10.7. The highest BCUT2D eigenvalue weighted by Gasteiger charge is 2.29. The van der Waals surface area contributed by atoms with Crippen LogP contribution >= 0.6 is 0 Å². The molecule has 0 aromatic heterocycles. The van der Waals surface area contributed by atoms with Crippen molar-refractivity contribution in [3.05, 3.63) is 65.5 Å². The van der Waals surface area contributed by atoms with Crippen LogP contribution in [-0.4, -0.2) is 67.0 Å². The summed E-state index contributed by atoms with van der Waals surface area (Å²) in [6.07, 6.45) is 3.09. The van der Waals surface area contributed by atoms with E-state index in [0.717, 1.165) is 55.8 Å². The number of rotatable bonds is 11. The molecule has 0 aliphatic carbocycles. The fourth-order valence-corrected chi connectivity index (χ4v) is 4.92. The second kappa shape index (κ2) is 13.4. The largest absolute Gasteiger partial charge is 0.493 e. The van der Waals surface area contributed by atoms with E-state index in [4.69, 9.17) is 14.2 Å². The van der Waals surface area contributed by atoms with Crippen molar-refractivity contribution < 1.29 is 23.4 Å². The minimum atomic E-state index is -0.265. The van der Waals surface area contributed by atoms with Crippen molar-refractivity contribution >= 4 is 5.91 Å². The summed E-state index contributed by atoms with van der Waals surface area (Å²) < 4.78 is 30.7. The van der Waals surface area contributed by atoms with Crippen LogP contribution in [0.25, 0.3) is 0 Å². The molecule has 0 saturated carbocycles. The van der Waals surface area contributed by atoms with Gasteiger partial charge in [0.2, 0.25) is 5.91 Å².